The van der Waals surface area contributed by atoms with Crippen LogP contribution in [0.25, 0.3) is 0 Å². The van der Waals surface area contributed by atoms with Gasteiger partial charge in [0, 0.05) is 6.04 Å². The molecule has 0 radical (unpaired) electrons. The van der Waals surface area contributed by atoms with Gasteiger partial charge in [0.05, 0.1) is 6.04 Å². The summed E-state index contributed by atoms with van der Waals surface area (Å²) >= 11 is 0. The zero-order chi connectivity index (χ0) is 13.7. The van der Waals surface area contributed by atoms with E-state index < -0.39 is 6.04 Å². The van der Waals surface area contributed by atoms with Crippen LogP contribution in [-0.4, -0.2) is 18.0 Å². The molecule has 1 amide bonds. The van der Waals surface area contributed by atoms with Crippen LogP contribution in [0.1, 0.15) is 38.2 Å². The van der Waals surface area contributed by atoms with Crippen LogP contribution in [0.3, 0.4) is 0 Å². The molecule has 0 aliphatic heterocycles. The molecule has 1 aliphatic carbocycles. The van der Waals surface area contributed by atoms with E-state index in [-0.39, 0.29) is 11.9 Å². The van der Waals surface area contributed by atoms with E-state index in [9.17, 15) is 4.79 Å². The molecule has 1 aromatic carbocycles. The average Bonchev–Trinajstić information content (AvgIpc) is 2.93. The van der Waals surface area contributed by atoms with Crippen LogP contribution in [0.5, 0.6) is 0 Å². The van der Waals surface area contributed by atoms with Gasteiger partial charge in [-0.05, 0) is 37.7 Å². The largest absolute Gasteiger partial charge is 0.352 e. The molecule has 2 rings (SSSR count). The topological polar surface area (TPSA) is 55.1 Å². The predicted molar refractivity (Wildman–Crippen MR) is 77.7 cm³/mol. The number of benzene rings is 1. The molecule has 0 bridgehead atoms. The molecule has 19 heavy (non-hydrogen) atoms. The molecule has 0 heterocycles. The summed E-state index contributed by atoms with van der Waals surface area (Å²) in [4.78, 5) is 12.1. The van der Waals surface area contributed by atoms with Crippen molar-refractivity contribution in [2.45, 2.75) is 51.1 Å². The minimum absolute atomic E-state index is 0.0248. The number of nitrogens with one attached hydrogen (secondary N) is 1. The second-order valence-electron chi connectivity index (χ2n) is 5.64. The summed E-state index contributed by atoms with van der Waals surface area (Å²) in [5.41, 5.74) is 7.09. The number of carbonyl (C=O) groups is 1. The summed E-state index contributed by atoms with van der Waals surface area (Å²) in [6.45, 7) is 2.10. The van der Waals surface area contributed by atoms with Gasteiger partial charge in [0.2, 0.25) is 5.91 Å². The summed E-state index contributed by atoms with van der Waals surface area (Å²) in [7, 11) is 0. The first-order valence-electron chi connectivity index (χ1n) is 7.26. The Kier molecular flexibility index (Phi) is 4.97. The Morgan fingerprint density at radius 1 is 1.32 bits per heavy atom. The van der Waals surface area contributed by atoms with Crippen molar-refractivity contribution in [3.8, 4) is 0 Å². The molecule has 3 nitrogen and oxygen atoms in total. The number of carbonyl (C=O) groups excluding carboxylic acids is 1. The van der Waals surface area contributed by atoms with E-state index in [1.54, 1.807) is 0 Å². The molecule has 1 fully saturated rings. The van der Waals surface area contributed by atoms with Gasteiger partial charge in [-0.25, -0.2) is 0 Å². The monoisotopic (exact) mass is 260 g/mol. The van der Waals surface area contributed by atoms with Gasteiger partial charge < -0.3 is 11.1 Å². The number of nitrogens with two attached hydrogens (primary N) is 1. The molecule has 2 atom stereocenters. The van der Waals surface area contributed by atoms with Crippen LogP contribution < -0.4 is 11.1 Å². The van der Waals surface area contributed by atoms with E-state index in [2.05, 4.69) is 12.2 Å². The Hall–Kier alpha value is -1.35. The third-order valence-corrected chi connectivity index (χ3v) is 4.11. The van der Waals surface area contributed by atoms with Gasteiger partial charge in [0.25, 0.3) is 0 Å². The van der Waals surface area contributed by atoms with E-state index in [4.69, 9.17) is 5.73 Å². The quantitative estimate of drug-likeness (QED) is 0.853. The van der Waals surface area contributed by atoms with Crippen LogP contribution in [0.2, 0.25) is 0 Å². The zero-order valence-electron chi connectivity index (χ0n) is 11.6. The average molecular weight is 260 g/mol. The third-order valence-electron chi connectivity index (χ3n) is 4.11. The summed E-state index contributed by atoms with van der Waals surface area (Å²) < 4.78 is 0. The van der Waals surface area contributed by atoms with E-state index >= 15 is 0 Å². The van der Waals surface area contributed by atoms with Gasteiger partial charge in [-0.1, -0.05) is 43.2 Å². The van der Waals surface area contributed by atoms with Crippen LogP contribution in [0.4, 0.5) is 0 Å². The Morgan fingerprint density at radius 3 is 2.58 bits per heavy atom. The van der Waals surface area contributed by atoms with Gasteiger partial charge in [0.1, 0.15) is 0 Å². The highest BCUT2D eigenvalue weighted by atomic mass is 16.2. The van der Waals surface area contributed by atoms with Gasteiger partial charge in [0.15, 0.2) is 0 Å². The lowest BCUT2D eigenvalue weighted by molar-refractivity contribution is -0.123. The van der Waals surface area contributed by atoms with Crippen molar-refractivity contribution in [1.29, 1.82) is 0 Å². The standard InChI is InChI=1S/C16H24N2O/c1-12(14-9-5-6-10-14)18-16(19)15(17)11-13-7-3-2-4-8-13/h2-4,7-8,12,14-15H,5-6,9-11,17H2,1H3,(H,18,19)/t12-,15-/m0/s1. The first-order chi connectivity index (χ1) is 9.16. The lowest BCUT2D eigenvalue weighted by Gasteiger charge is -2.22. The first kappa shape index (κ1) is 14.1. The fourth-order valence-electron chi connectivity index (χ4n) is 2.87. The smallest absolute Gasteiger partial charge is 0.237 e. The van der Waals surface area contributed by atoms with Crippen molar-refractivity contribution in [3.05, 3.63) is 35.9 Å². The van der Waals surface area contributed by atoms with Crippen LogP contribution in [0, 0.1) is 5.92 Å². The molecule has 1 saturated carbocycles. The van der Waals surface area contributed by atoms with Crippen LogP contribution >= 0.6 is 0 Å². The molecular formula is C16H24N2O. The molecule has 1 aromatic rings. The number of rotatable bonds is 5. The molecule has 104 valence electrons. The molecule has 0 spiro atoms. The lowest BCUT2D eigenvalue weighted by atomic mass is 9.99. The van der Waals surface area contributed by atoms with Crippen molar-refractivity contribution in [2.75, 3.05) is 0 Å². The summed E-state index contributed by atoms with van der Waals surface area (Å²) in [6, 6.07) is 9.73. The first-order valence-corrected chi connectivity index (χ1v) is 7.26. The Bertz CT molecular complexity index is 398. The van der Waals surface area contributed by atoms with E-state index in [1.165, 1.54) is 25.7 Å². The Morgan fingerprint density at radius 2 is 1.95 bits per heavy atom. The third kappa shape index (κ3) is 4.06. The van der Waals surface area contributed by atoms with Gasteiger partial charge in [-0.15, -0.1) is 0 Å². The maximum absolute atomic E-state index is 12.1. The summed E-state index contributed by atoms with van der Waals surface area (Å²) in [6.07, 6.45) is 5.65. The highest BCUT2D eigenvalue weighted by Gasteiger charge is 2.24. The fraction of sp³-hybridized carbons (Fsp3) is 0.562. The Balaban J connectivity index is 1.82. The van der Waals surface area contributed by atoms with Gasteiger partial charge in [-0.3, -0.25) is 4.79 Å². The van der Waals surface area contributed by atoms with Crippen molar-refractivity contribution in [3.63, 3.8) is 0 Å². The van der Waals surface area contributed by atoms with Crippen molar-refractivity contribution in [2.24, 2.45) is 11.7 Å². The van der Waals surface area contributed by atoms with Gasteiger partial charge >= 0.3 is 0 Å². The highest BCUT2D eigenvalue weighted by molar-refractivity contribution is 5.82. The Labute approximate surface area is 115 Å². The zero-order valence-corrected chi connectivity index (χ0v) is 11.6. The van der Waals surface area contributed by atoms with Crippen molar-refractivity contribution < 1.29 is 4.79 Å². The molecular weight excluding hydrogens is 236 g/mol. The molecule has 0 saturated heterocycles. The second kappa shape index (κ2) is 6.71. The summed E-state index contributed by atoms with van der Waals surface area (Å²) in [5.74, 6) is 0.608. The number of hydrogen-bond donors (Lipinski definition) is 2. The highest BCUT2D eigenvalue weighted by Crippen LogP contribution is 2.27. The molecule has 3 N–H and O–H groups in total. The van der Waals surface area contributed by atoms with Crippen LogP contribution in [-0.2, 0) is 11.2 Å². The van der Waals surface area contributed by atoms with E-state index in [1.807, 2.05) is 30.3 Å². The SMILES string of the molecule is C[C@H](NC(=O)[C@@H](N)Cc1ccccc1)C1CCCC1. The minimum atomic E-state index is -0.453. The fourth-order valence-corrected chi connectivity index (χ4v) is 2.87. The minimum Gasteiger partial charge on any atom is -0.352 e. The van der Waals surface area contributed by atoms with Crippen molar-refractivity contribution >= 4 is 5.91 Å². The number of hydrogen-bond acceptors (Lipinski definition) is 2. The predicted octanol–water partition coefficient (Wildman–Crippen LogP) is 2.25. The number of amides is 1. The molecule has 0 unspecified atom stereocenters. The van der Waals surface area contributed by atoms with Crippen molar-refractivity contribution in [1.82, 2.24) is 5.32 Å². The molecule has 3 heteroatoms. The summed E-state index contributed by atoms with van der Waals surface area (Å²) in [5, 5.41) is 3.08. The van der Waals surface area contributed by atoms with Crippen LogP contribution in [0.15, 0.2) is 30.3 Å². The normalized spacial score (nSPS) is 19.1. The van der Waals surface area contributed by atoms with Gasteiger partial charge in [-0.2, -0.15) is 0 Å². The maximum Gasteiger partial charge on any atom is 0.237 e. The second-order valence-corrected chi connectivity index (χ2v) is 5.64. The lowest BCUT2D eigenvalue weighted by Crippen LogP contribution is -2.47. The molecule has 1 aliphatic rings. The molecule has 0 aromatic heterocycles. The maximum atomic E-state index is 12.1. The van der Waals surface area contributed by atoms with E-state index in [0.717, 1.165) is 5.56 Å². The van der Waals surface area contributed by atoms with E-state index in [0.29, 0.717) is 12.3 Å².